The van der Waals surface area contributed by atoms with Gasteiger partial charge < -0.3 is 19.1 Å². The molecule has 6 nitrogen and oxygen atoms in total. The number of rotatable bonds is 6. The Morgan fingerprint density at radius 2 is 1.96 bits per heavy atom. The lowest BCUT2D eigenvalue weighted by Crippen LogP contribution is -2.32. The molecule has 0 bridgehead atoms. The Morgan fingerprint density at radius 3 is 2.73 bits per heavy atom. The minimum absolute atomic E-state index is 0.105. The summed E-state index contributed by atoms with van der Waals surface area (Å²) < 4.78 is 15.4. The molecule has 0 saturated heterocycles. The maximum Gasteiger partial charge on any atom is 0.307 e. The number of methoxy groups -OCH3 is 1. The fraction of sp³-hybridized carbons (Fsp3) is 0.263. The Morgan fingerprint density at radius 1 is 1.15 bits per heavy atom. The van der Waals surface area contributed by atoms with Crippen LogP contribution in [0.3, 0.4) is 0 Å². The number of halogens is 1. The third kappa shape index (κ3) is 4.26. The number of carbonyl (C=O) groups excluding carboxylic acids is 2. The van der Waals surface area contributed by atoms with E-state index in [0.29, 0.717) is 28.6 Å². The van der Waals surface area contributed by atoms with Crippen LogP contribution in [-0.2, 0) is 16.1 Å². The van der Waals surface area contributed by atoms with Gasteiger partial charge in [-0.1, -0.05) is 23.7 Å². The maximum absolute atomic E-state index is 12.9. The highest BCUT2D eigenvalue weighted by Gasteiger charge is 2.20. The summed E-state index contributed by atoms with van der Waals surface area (Å²) in [5.41, 5.74) is 1.33. The summed E-state index contributed by atoms with van der Waals surface area (Å²) in [7, 11) is 1.32. The number of esters is 1. The van der Waals surface area contributed by atoms with E-state index in [0.717, 1.165) is 5.56 Å². The lowest BCUT2D eigenvalue weighted by atomic mass is 10.1. The van der Waals surface area contributed by atoms with Crippen LogP contribution in [0.2, 0.25) is 5.02 Å². The van der Waals surface area contributed by atoms with E-state index >= 15 is 0 Å². The fourth-order valence-electron chi connectivity index (χ4n) is 2.64. The van der Waals surface area contributed by atoms with E-state index in [9.17, 15) is 9.59 Å². The number of amides is 1. The fourth-order valence-corrected chi connectivity index (χ4v) is 2.83. The molecule has 1 heterocycles. The van der Waals surface area contributed by atoms with Gasteiger partial charge >= 0.3 is 5.97 Å². The Balaban J connectivity index is 1.80. The molecule has 0 saturated carbocycles. The first kappa shape index (κ1) is 18.1. The lowest BCUT2D eigenvalue weighted by molar-refractivity contribution is -0.140. The molecule has 0 N–H and O–H groups in total. The van der Waals surface area contributed by atoms with Gasteiger partial charge in [-0.05, 0) is 35.9 Å². The molecule has 1 aliphatic heterocycles. The standard InChI is InChI=1S/C19H18ClNO5/c1-24-18(22)7-8-21(19(23)14-3-2-4-15(20)10-14)11-13-5-6-16-17(9-13)26-12-25-16/h2-6,9-10H,7-8,11-12H2,1H3. The Kier molecular flexibility index (Phi) is 5.63. The normalized spacial score (nSPS) is 11.9. The number of fused-ring (bicyclic) bond motifs is 1. The molecule has 0 atom stereocenters. The molecule has 2 aromatic rings. The number of carbonyl (C=O) groups is 2. The van der Waals surface area contributed by atoms with Crippen LogP contribution in [0.25, 0.3) is 0 Å². The third-order valence-corrected chi connectivity index (χ3v) is 4.22. The Hall–Kier alpha value is -2.73. The average Bonchev–Trinajstić information content (AvgIpc) is 3.12. The van der Waals surface area contributed by atoms with E-state index in [4.69, 9.17) is 21.1 Å². The van der Waals surface area contributed by atoms with Crippen molar-refractivity contribution in [3.63, 3.8) is 0 Å². The molecule has 0 unspecified atom stereocenters. The molecule has 0 fully saturated rings. The number of benzene rings is 2. The summed E-state index contributed by atoms with van der Waals surface area (Å²) in [5.74, 6) is 0.732. The van der Waals surface area contributed by atoms with Gasteiger partial charge in [-0.3, -0.25) is 9.59 Å². The van der Waals surface area contributed by atoms with Gasteiger partial charge in [-0.15, -0.1) is 0 Å². The van der Waals surface area contributed by atoms with E-state index in [-0.39, 0.29) is 31.6 Å². The molecule has 3 rings (SSSR count). The average molecular weight is 376 g/mol. The number of nitrogens with zero attached hydrogens (tertiary/aromatic N) is 1. The summed E-state index contributed by atoms with van der Waals surface area (Å²) in [6.45, 7) is 0.734. The second-order valence-corrected chi connectivity index (χ2v) is 6.19. The molecule has 26 heavy (non-hydrogen) atoms. The summed E-state index contributed by atoms with van der Waals surface area (Å²) in [5, 5.41) is 0.479. The lowest BCUT2D eigenvalue weighted by Gasteiger charge is -2.23. The molecular formula is C19H18ClNO5. The van der Waals surface area contributed by atoms with Gasteiger partial charge in [0.1, 0.15) is 0 Å². The highest BCUT2D eigenvalue weighted by atomic mass is 35.5. The molecule has 1 amide bonds. The van der Waals surface area contributed by atoms with Gasteiger partial charge in [0.25, 0.3) is 5.91 Å². The largest absolute Gasteiger partial charge is 0.469 e. The summed E-state index contributed by atoms with van der Waals surface area (Å²) in [6, 6.07) is 12.2. The third-order valence-electron chi connectivity index (χ3n) is 3.98. The predicted octanol–water partition coefficient (Wildman–Crippen LogP) is 3.27. The van der Waals surface area contributed by atoms with Gasteiger partial charge in [0.05, 0.1) is 13.5 Å². The van der Waals surface area contributed by atoms with Crippen molar-refractivity contribution in [3.05, 3.63) is 58.6 Å². The minimum Gasteiger partial charge on any atom is -0.469 e. The Bertz CT molecular complexity index is 823. The number of hydrogen-bond donors (Lipinski definition) is 0. The van der Waals surface area contributed by atoms with Crippen LogP contribution in [-0.4, -0.2) is 37.2 Å². The van der Waals surface area contributed by atoms with Crippen LogP contribution < -0.4 is 9.47 Å². The van der Waals surface area contributed by atoms with Crippen molar-refractivity contribution in [2.45, 2.75) is 13.0 Å². The van der Waals surface area contributed by atoms with E-state index in [1.54, 1.807) is 35.2 Å². The molecule has 2 aromatic carbocycles. The van der Waals surface area contributed by atoms with E-state index in [1.165, 1.54) is 7.11 Å². The van der Waals surface area contributed by atoms with Gasteiger partial charge in [-0.2, -0.15) is 0 Å². The SMILES string of the molecule is COC(=O)CCN(Cc1ccc2c(c1)OCO2)C(=O)c1cccc(Cl)c1. The van der Waals surface area contributed by atoms with Crippen molar-refractivity contribution in [2.75, 3.05) is 20.4 Å². The highest BCUT2D eigenvalue weighted by molar-refractivity contribution is 6.30. The second kappa shape index (κ2) is 8.10. The van der Waals surface area contributed by atoms with Crippen LogP contribution in [0.4, 0.5) is 0 Å². The van der Waals surface area contributed by atoms with Crippen molar-refractivity contribution in [3.8, 4) is 11.5 Å². The summed E-state index contributed by atoms with van der Waals surface area (Å²) >= 11 is 5.99. The zero-order chi connectivity index (χ0) is 18.5. The summed E-state index contributed by atoms with van der Waals surface area (Å²) in [6.07, 6.45) is 0.105. The molecule has 0 radical (unpaired) electrons. The van der Waals surface area contributed by atoms with Crippen LogP contribution in [0, 0.1) is 0 Å². The molecule has 136 valence electrons. The first-order valence-corrected chi connectivity index (χ1v) is 8.45. The zero-order valence-corrected chi connectivity index (χ0v) is 15.0. The first-order valence-electron chi connectivity index (χ1n) is 8.07. The molecule has 0 aromatic heterocycles. The molecule has 1 aliphatic rings. The quantitative estimate of drug-likeness (QED) is 0.725. The predicted molar refractivity (Wildman–Crippen MR) is 95.4 cm³/mol. The molecule has 7 heteroatoms. The maximum atomic E-state index is 12.9. The van der Waals surface area contributed by atoms with Gasteiger partial charge in [0.15, 0.2) is 11.5 Å². The second-order valence-electron chi connectivity index (χ2n) is 5.75. The van der Waals surface area contributed by atoms with Crippen LogP contribution in [0.1, 0.15) is 22.3 Å². The smallest absolute Gasteiger partial charge is 0.307 e. The molecule has 0 spiro atoms. The van der Waals surface area contributed by atoms with Crippen molar-refractivity contribution >= 4 is 23.5 Å². The van der Waals surface area contributed by atoms with E-state index in [2.05, 4.69) is 4.74 Å². The van der Waals surface area contributed by atoms with Crippen LogP contribution in [0.5, 0.6) is 11.5 Å². The topological polar surface area (TPSA) is 65.1 Å². The zero-order valence-electron chi connectivity index (χ0n) is 14.2. The Labute approximate surface area is 156 Å². The van der Waals surface area contributed by atoms with Gasteiger partial charge in [0.2, 0.25) is 6.79 Å². The van der Waals surface area contributed by atoms with Crippen molar-refractivity contribution in [1.29, 1.82) is 0 Å². The summed E-state index contributed by atoms with van der Waals surface area (Å²) in [4.78, 5) is 26.0. The van der Waals surface area contributed by atoms with Crippen molar-refractivity contribution in [2.24, 2.45) is 0 Å². The van der Waals surface area contributed by atoms with Crippen LogP contribution in [0.15, 0.2) is 42.5 Å². The van der Waals surface area contributed by atoms with Crippen molar-refractivity contribution in [1.82, 2.24) is 4.90 Å². The van der Waals surface area contributed by atoms with Gasteiger partial charge in [-0.25, -0.2) is 0 Å². The number of ether oxygens (including phenoxy) is 3. The van der Waals surface area contributed by atoms with E-state index < -0.39 is 0 Å². The molecular weight excluding hydrogens is 358 g/mol. The van der Waals surface area contributed by atoms with Crippen LogP contribution >= 0.6 is 11.6 Å². The minimum atomic E-state index is -0.375. The van der Waals surface area contributed by atoms with Gasteiger partial charge in [0, 0.05) is 23.7 Å². The monoisotopic (exact) mass is 375 g/mol. The molecule has 0 aliphatic carbocycles. The van der Waals surface area contributed by atoms with Crippen molar-refractivity contribution < 1.29 is 23.8 Å². The number of hydrogen-bond acceptors (Lipinski definition) is 5. The highest BCUT2D eigenvalue weighted by Crippen LogP contribution is 2.33. The first-order chi connectivity index (χ1) is 12.6. The van der Waals surface area contributed by atoms with E-state index in [1.807, 2.05) is 12.1 Å².